The number of para-hydroxylation sites is 1. The van der Waals surface area contributed by atoms with Crippen molar-refractivity contribution in [3.05, 3.63) is 30.5 Å². The zero-order valence-corrected chi connectivity index (χ0v) is 12.0. The Hall–Kier alpha value is -1.77. The van der Waals surface area contributed by atoms with Gasteiger partial charge in [-0.15, -0.1) is 0 Å². The monoisotopic (exact) mass is 257 g/mol. The summed E-state index contributed by atoms with van der Waals surface area (Å²) in [5.41, 5.74) is 8.71. The zero-order chi connectivity index (χ0) is 13.8. The molecule has 3 N–H and O–H groups in total. The number of fused-ring (bicyclic) bond motifs is 1. The molecule has 0 radical (unpaired) electrons. The summed E-state index contributed by atoms with van der Waals surface area (Å²) in [5, 5.41) is 4.72. The SMILES string of the molecule is CCC(CC)C(C)Nc1ccnc2c(N)cccc12. The van der Waals surface area contributed by atoms with Crippen LogP contribution in [0.1, 0.15) is 33.6 Å². The molecule has 0 saturated carbocycles. The van der Waals surface area contributed by atoms with Gasteiger partial charge in [0.1, 0.15) is 0 Å². The molecule has 3 heteroatoms. The van der Waals surface area contributed by atoms with Crippen molar-refractivity contribution in [1.29, 1.82) is 0 Å². The Labute approximate surface area is 115 Å². The highest BCUT2D eigenvalue weighted by Crippen LogP contribution is 2.27. The molecule has 1 atom stereocenters. The first-order chi connectivity index (χ1) is 9.17. The molecule has 0 spiro atoms. The molecular weight excluding hydrogens is 234 g/mol. The maximum absolute atomic E-state index is 5.98. The summed E-state index contributed by atoms with van der Waals surface area (Å²) in [5.74, 6) is 0.685. The summed E-state index contributed by atoms with van der Waals surface area (Å²) in [6.45, 7) is 6.74. The van der Waals surface area contributed by atoms with Gasteiger partial charge in [0, 0.05) is 23.3 Å². The van der Waals surface area contributed by atoms with Crippen molar-refractivity contribution in [2.24, 2.45) is 5.92 Å². The number of nitrogens with two attached hydrogens (primary N) is 1. The third-order valence-corrected chi connectivity index (χ3v) is 3.94. The van der Waals surface area contributed by atoms with E-state index in [4.69, 9.17) is 5.73 Å². The lowest BCUT2D eigenvalue weighted by molar-refractivity contribution is 0.438. The zero-order valence-electron chi connectivity index (χ0n) is 12.0. The highest BCUT2D eigenvalue weighted by atomic mass is 14.9. The predicted molar refractivity (Wildman–Crippen MR) is 83.3 cm³/mol. The molecule has 102 valence electrons. The van der Waals surface area contributed by atoms with E-state index in [9.17, 15) is 0 Å². The van der Waals surface area contributed by atoms with Gasteiger partial charge >= 0.3 is 0 Å². The fourth-order valence-corrected chi connectivity index (χ4v) is 2.68. The number of aromatic nitrogens is 1. The summed E-state index contributed by atoms with van der Waals surface area (Å²) in [6.07, 6.45) is 4.20. The maximum atomic E-state index is 5.98. The van der Waals surface area contributed by atoms with Crippen molar-refractivity contribution in [1.82, 2.24) is 4.98 Å². The van der Waals surface area contributed by atoms with Crippen molar-refractivity contribution >= 4 is 22.3 Å². The molecule has 0 bridgehead atoms. The summed E-state index contributed by atoms with van der Waals surface area (Å²) >= 11 is 0. The molecule has 2 rings (SSSR count). The molecule has 1 unspecified atom stereocenters. The van der Waals surface area contributed by atoms with E-state index in [1.165, 1.54) is 12.8 Å². The van der Waals surface area contributed by atoms with Gasteiger partial charge in [-0.25, -0.2) is 0 Å². The van der Waals surface area contributed by atoms with Crippen molar-refractivity contribution in [2.75, 3.05) is 11.1 Å². The lowest BCUT2D eigenvalue weighted by Gasteiger charge is -2.24. The molecule has 0 aliphatic rings. The average Bonchev–Trinajstić information content (AvgIpc) is 2.41. The van der Waals surface area contributed by atoms with Crippen LogP contribution in [0, 0.1) is 5.92 Å². The summed E-state index contributed by atoms with van der Waals surface area (Å²) in [7, 11) is 0. The summed E-state index contributed by atoms with van der Waals surface area (Å²) < 4.78 is 0. The molecule has 1 aromatic heterocycles. The van der Waals surface area contributed by atoms with Crippen LogP contribution < -0.4 is 11.1 Å². The molecule has 1 aromatic carbocycles. The first kappa shape index (κ1) is 13.7. The molecule has 1 heterocycles. The Bertz CT molecular complexity index is 547. The largest absolute Gasteiger partial charge is 0.397 e. The summed E-state index contributed by atoms with van der Waals surface area (Å²) in [4.78, 5) is 4.37. The normalized spacial score (nSPS) is 12.8. The Morgan fingerprint density at radius 1 is 1.21 bits per heavy atom. The quantitative estimate of drug-likeness (QED) is 0.794. The second-order valence-corrected chi connectivity index (χ2v) is 5.11. The van der Waals surface area contributed by atoms with Crippen molar-refractivity contribution in [3.63, 3.8) is 0 Å². The summed E-state index contributed by atoms with van der Waals surface area (Å²) in [6, 6.07) is 8.42. The topological polar surface area (TPSA) is 50.9 Å². The van der Waals surface area contributed by atoms with Crippen LogP contribution in [0.4, 0.5) is 11.4 Å². The van der Waals surface area contributed by atoms with Crippen molar-refractivity contribution in [3.8, 4) is 0 Å². The third-order valence-electron chi connectivity index (χ3n) is 3.94. The fraction of sp³-hybridized carbons (Fsp3) is 0.438. The lowest BCUT2D eigenvalue weighted by Crippen LogP contribution is -2.25. The minimum Gasteiger partial charge on any atom is -0.397 e. The van der Waals surface area contributed by atoms with E-state index >= 15 is 0 Å². The van der Waals surface area contributed by atoms with Crippen LogP contribution in [-0.2, 0) is 0 Å². The number of pyridine rings is 1. The smallest absolute Gasteiger partial charge is 0.0951 e. The fourth-order valence-electron chi connectivity index (χ4n) is 2.68. The van der Waals surface area contributed by atoms with E-state index in [2.05, 4.69) is 37.1 Å². The first-order valence-electron chi connectivity index (χ1n) is 7.07. The van der Waals surface area contributed by atoms with Crippen LogP contribution >= 0.6 is 0 Å². The van der Waals surface area contributed by atoms with Gasteiger partial charge in [0.25, 0.3) is 0 Å². The Morgan fingerprint density at radius 3 is 2.63 bits per heavy atom. The van der Waals surface area contributed by atoms with Gasteiger partial charge in [0.15, 0.2) is 0 Å². The van der Waals surface area contributed by atoms with Gasteiger partial charge in [-0.1, -0.05) is 38.8 Å². The van der Waals surface area contributed by atoms with Crippen LogP contribution in [-0.4, -0.2) is 11.0 Å². The van der Waals surface area contributed by atoms with E-state index in [1.807, 2.05) is 24.4 Å². The van der Waals surface area contributed by atoms with Gasteiger partial charge < -0.3 is 11.1 Å². The molecular formula is C16H23N3. The van der Waals surface area contributed by atoms with Crippen LogP contribution in [0.2, 0.25) is 0 Å². The molecule has 0 saturated heterocycles. The molecule has 19 heavy (non-hydrogen) atoms. The molecule has 2 aromatic rings. The van der Waals surface area contributed by atoms with Crippen LogP contribution in [0.25, 0.3) is 10.9 Å². The van der Waals surface area contributed by atoms with Crippen LogP contribution in [0.5, 0.6) is 0 Å². The highest BCUT2D eigenvalue weighted by molar-refractivity contribution is 5.97. The predicted octanol–water partition coefficient (Wildman–Crippen LogP) is 4.05. The van der Waals surface area contributed by atoms with Gasteiger partial charge in [0.2, 0.25) is 0 Å². The van der Waals surface area contributed by atoms with E-state index < -0.39 is 0 Å². The van der Waals surface area contributed by atoms with Crippen molar-refractivity contribution < 1.29 is 0 Å². The van der Waals surface area contributed by atoms with Gasteiger partial charge in [0.05, 0.1) is 11.2 Å². The number of rotatable bonds is 5. The Balaban J connectivity index is 2.33. The first-order valence-corrected chi connectivity index (χ1v) is 7.07. The maximum Gasteiger partial charge on any atom is 0.0951 e. The van der Waals surface area contributed by atoms with E-state index in [0.717, 1.165) is 22.3 Å². The molecule has 0 aliphatic heterocycles. The number of hydrogen-bond donors (Lipinski definition) is 2. The molecule has 0 amide bonds. The number of nitrogens with zero attached hydrogens (tertiary/aromatic N) is 1. The lowest BCUT2D eigenvalue weighted by atomic mass is 9.95. The Morgan fingerprint density at radius 2 is 1.95 bits per heavy atom. The number of nitrogen functional groups attached to an aromatic ring is 1. The average molecular weight is 257 g/mol. The highest BCUT2D eigenvalue weighted by Gasteiger charge is 2.14. The van der Waals surface area contributed by atoms with Gasteiger partial charge in [-0.05, 0) is 25.0 Å². The van der Waals surface area contributed by atoms with E-state index in [1.54, 1.807) is 0 Å². The molecule has 0 aliphatic carbocycles. The minimum atomic E-state index is 0.446. The second kappa shape index (κ2) is 5.91. The van der Waals surface area contributed by atoms with Crippen LogP contribution in [0.3, 0.4) is 0 Å². The minimum absolute atomic E-state index is 0.446. The number of benzene rings is 1. The van der Waals surface area contributed by atoms with E-state index in [-0.39, 0.29) is 0 Å². The number of nitrogens with one attached hydrogen (secondary N) is 1. The Kier molecular flexibility index (Phi) is 4.25. The third kappa shape index (κ3) is 2.80. The van der Waals surface area contributed by atoms with Crippen molar-refractivity contribution in [2.45, 2.75) is 39.7 Å². The van der Waals surface area contributed by atoms with Gasteiger partial charge in [-0.3, -0.25) is 4.98 Å². The molecule has 0 fully saturated rings. The number of anilines is 2. The van der Waals surface area contributed by atoms with E-state index in [0.29, 0.717) is 12.0 Å². The van der Waals surface area contributed by atoms with Gasteiger partial charge in [-0.2, -0.15) is 0 Å². The second-order valence-electron chi connectivity index (χ2n) is 5.11. The molecule has 3 nitrogen and oxygen atoms in total. The number of hydrogen-bond acceptors (Lipinski definition) is 3. The standard InChI is InChI=1S/C16H23N3/c1-4-12(5-2)11(3)19-15-9-10-18-16-13(15)7-6-8-14(16)17/h6-12H,4-5,17H2,1-3H3,(H,18,19). The van der Waals surface area contributed by atoms with Crippen LogP contribution in [0.15, 0.2) is 30.5 Å².